The third-order valence-corrected chi connectivity index (χ3v) is 5.57. The molecule has 2 N–H and O–H groups in total. The second kappa shape index (κ2) is 8.77. The van der Waals surface area contributed by atoms with E-state index in [-0.39, 0.29) is 17.3 Å². The molecule has 0 saturated heterocycles. The fourth-order valence-corrected chi connectivity index (χ4v) is 3.67. The molecular weight excluding hydrogens is 374 g/mol. The van der Waals surface area contributed by atoms with Gasteiger partial charge in [-0.25, -0.2) is 13.1 Å². The van der Waals surface area contributed by atoms with Gasteiger partial charge in [0.1, 0.15) is 0 Å². The molecule has 0 aliphatic rings. The van der Waals surface area contributed by atoms with Crippen molar-refractivity contribution in [2.75, 3.05) is 0 Å². The van der Waals surface area contributed by atoms with Crippen molar-refractivity contribution >= 4 is 15.9 Å². The first-order valence-corrected chi connectivity index (χ1v) is 10.2. The van der Waals surface area contributed by atoms with Crippen molar-refractivity contribution < 1.29 is 13.2 Å². The maximum Gasteiger partial charge on any atom is 0.251 e. The molecule has 0 bridgehead atoms. The molecule has 3 aromatic rings. The molecule has 3 rings (SSSR count). The van der Waals surface area contributed by atoms with Gasteiger partial charge in [-0.3, -0.25) is 9.78 Å². The van der Waals surface area contributed by atoms with Crippen molar-refractivity contribution in [3.05, 3.63) is 95.3 Å². The lowest BCUT2D eigenvalue weighted by Gasteiger charge is -2.09. The number of rotatable bonds is 7. The molecular formula is C21H21N3O3S. The molecule has 0 radical (unpaired) electrons. The Morgan fingerprint density at radius 2 is 1.71 bits per heavy atom. The van der Waals surface area contributed by atoms with Crippen LogP contribution in [0.2, 0.25) is 0 Å². The normalized spacial score (nSPS) is 11.2. The van der Waals surface area contributed by atoms with E-state index in [1.807, 2.05) is 37.3 Å². The zero-order valence-corrected chi connectivity index (χ0v) is 16.2. The number of aryl methyl sites for hydroxylation is 1. The Labute approximate surface area is 164 Å². The smallest absolute Gasteiger partial charge is 0.251 e. The largest absolute Gasteiger partial charge is 0.348 e. The topological polar surface area (TPSA) is 88.2 Å². The lowest BCUT2D eigenvalue weighted by Crippen LogP contribution is -2.24. The van der Waals surface area contributed by atoms with Gasteiger partial charge in [0.05, 0.1) is 4.90 Å². The Balaban J connectivity index is 1.61. The number of amides is 1. The molecule has 1 amide bonds. The first-order valence-electron chi connectivity index (χ1n) is 8.76. The lowest BCUT2D eigenvalue weighted by atomic mass is 10.1. The van der Waals surface area contributed by atoms with E-state index in [9.17, 15) is 13.2 Å². The van der Waals surface area contributed by atoms with Crippen molar-refractivity contribution in [2.24, 2.45) is 0 Å². The number of carbonyl (C=O) groups excluding carboxylic acids is 1. The molecule has 7 heteroatoms. The van der Waals surface area contributed by atoms with Crippen LogP contribution in [-0.4, -0.2) is 19.3 Å². The Morgan fingerprint density at radius 1 is 0.964 bits per heavy atom. The Hall–Kier alpha value is -3.03. The number of hydrogen-bond donors (Lipinski definition) is 2. The van der Waals surface area contributed by atoms with E-state index in [1.165, 1.54) is 24.3 Å². The number of pyridine rings is 1. The van der Waals surface area contributed by atoms with Crippen LogP contribution in [0, 0.1) is 6.92 Å². The molecule has 1 aromatic heterocycles. The summed E-state index contributed by atoms with van der Waals surface area (Å²) in [4.78, 5) is 16.3. The minimum absolute atomic E-state index is 0.115. The molecule has 0 unspecified atom stereocenters. The average Bonchev–Trinajstić information content (AvgIpc) is 2.71. The molecule has 6 nitrogen and oxygen atoms in total. The van der Waals surface area contributed by atoms with E-state index in [4.69, 9.17) is 0 Å². The predicted octanol–water partition coefficient (Wildman–Crippen LogP) is 2.80. The van der Waals surface area contributed by atoms with E-state index >= 15 is 0 Å². The van der Waals surface area contributed by atoms with E-state index in [1.54, 1.807) is 18.5 Å². The van der Waals surface area contributed by atoms with Gasteiger partial charge in [-0.05, 0) is 48.4 Å². The van der Waals surface area contributed by atoms with Gasteiger partial charge < -0.3 is 5.32 Å². The summed E-state index contributed by atoms with van der Waals surface area (Å²) in [6.45, 7) is 2.51. The van der Waals surface area contributed by atoms with Crippen LogP contribution in [0.4, 0.5) is 0 Å². The Kier molecular flexibility index (Phi) is 6.18. The summed E-state index contributed by atoms with van der Waals surface area (Å²) in [5, 5.41) is 2.78. The van der Waals surface area contributed by atoms with Crippen molar-refractivity contribution in [3.8, 4) is 0 Å². The molecule has 0 aliphatic carbocycles. The highest BCUT2D eigenvalue weighted by atomic mass is 32.2. The van der Waals surface area contributed by atoms with Crippen LogP contribution in [0.25, 0.3) is 0 Å². The second-order valence-corrected chi connectivity index (χ2v) is 8.15. The van der Waals surface area contributed by atoms with E-state index in [2.05, 4.69) is 15.0 Å². The second-order valence-electron chi connectivity index (χ2n) is 6.38. The highest BCUT2D eigenvalue weighted by Gasteiger charge is 2.15. The van der Waals surface area contributed by atoms with Crippen LogP contribution in [0.3, 0.4) is 0 Å². The number of sulfonamides is 1. The minimum Gasteiger partial charge on any atom is -0.348 e. The standard InChI is InChI=1S/C21H21N3O3S/c1-16-4-2-5-17(12-16)15-24-28(26,27)20-9-7-19(8-10-20)21(25)23-14-18-6-3-11-22-13-18/h2-13,24H,14-15H2,1H3,(H,23,25). The van der Waals surface area contributed by atoms with Gasteiger partial charge in [-0.2, -0.15) is 0 Å². The lowest BCUT2D eigenvalue weighted by molar-refractivity contribution is 0.0951. The third kappa shape index (κ3) is 5.25. The maximum atomic E-state index is 12.5. The summed E-state index contributed by atoms with van der Waals surface area (Å²) >= 11 is 0. The van der Waals surface area contributed by atoms with Crippen LogP contribution in [0.5, 0.6) is 0 Å². The van der Waals surface area contributed by atoms with Gasteiger partial charge >= 0.3 is 0 Å². The van der Waals surface area contributed by atoms with Gasteiger partial charge in [0.15, 0.2) is 0 Å². The van der Waals surface area contributed by atoms with Gasteiger partial charge in [-0.15, -0.1) is 0 Å². The Morgan fingerprint density at radius 3 is 2.39 bits per heavy atom. The maximum absolute atomic E-state index is 12.5. The zero-order chi connectivity index (χ0) is 20.0. The molecule has 1 heterocycles. The van der Waals surface area contributed by atoms with Crippen LogP contribution in [0.15, 0.2) is 78.0 Å². The van der Waals surface area contributed by atoms with Crippen LogP contribution < -0.4 is 10.0 Å². The zero-order valence-electron chi connectivity index (χ0n) is 15.4. The van der Waals surface area contributed by atoms with Gasteiger partial charge in [0.2, 0.25) is 10.0 Å². The highest BCUT2D eigenvalue weighted by molar-refractivity contribution is 7.89. The fraction of sp³-hybridized carbons (Fsp3) is 0.143. The molecule has 0 aliphatic heterocycles. The monoisotopic (exact) mass is 395 g/mol. The summed E-state index contributed by atoms with van der Waals surface area (Å²) in [6.07, 6.45) is 3.34. The summed E-state index contributed by atoms with van der Waals surface area (Å²) in [7, 11) is -3.66. The van der Waals surface area contributed by atoms with E-state index in [0.29, 0.717) is 12.1 Å². The molecule has 0 atom stereocenters. The number of benzene rings is 2. The number of nitrogens with one attached hydrogen (secondary N) is 2. The number of carbonyl (C=O) groups is 1. The van der Waals surface area contributed by atoms with Gasteiger partial charge in [0, 0.05) is 31.0 Å². The molecule has 0 spiro atoms. The van der Waals surface area contributed by atoms with Crippen molar-refractivity contribution in [3.63, 3.8) is 0 Å². The van der Waals surface area contributed by atoms with Crippen LogP contribution >= 0.6 is 0 Å². The minimum atomic E-state index is -3.66. The average molecular weight is 395 g/mol. The fourth-order valence-electron chi connectivity index (χ4n) is 2.66. The highest BCUT2D eigenvalue weighted by Crippen LogP contribution is 2.12. The quantitative estimate of drug-likeness (QED) is 0.644. The SMILES string of the molecule is Cc1cccc(CNS(=O)(=O)c2ccc(C(=O)NCc3cccnc3)cc2)c1. The van der Waals surface area contributed by atoms with Gasteiger partial charge in [0.25, 0.3) is 5.91 Å². The molecule has 2 aromatic carbocycles. The third-order valence-electron chi connectivity index (χ3n) is 4.15. The molecule has 0 saturated carbocycles. The van der Waals surface area contributed by atoms with Crippen molar-refractivity contribution in [1.82, 2.24) is 15.0 Å². The number of aromatic nitrogens is 1. The van der Waals surface area contributed by atoms with Crippen molar-refractivity contribution in [1.29, 1.82) is 0 Å². The van der Waals surface area contributed by atoms with E-state index in [0.717, 1.165) is 16.7 Å². The first-order chi connectivity index (χ1) is 13.4. The molecule has 144 valence electrons. The molecule has 0 fully saturated rings. The summed E-state index contributed by atoms with van der Waals surface area (Å²) in [6, 6.07) is 17.2. The summed E-state index contributed by atoms with van der Waals surface area (Å²) in [5.74, 6) is -0.277. The molecule has 28 heavy (non-hydrogen) atoms. The number of hydrogen-bond acceptors (Lipinski definition) is 4. The van der Waals surface area contributed by atoms with Crippen LogP contribution in [0.1, 0.15) is 27.0 Å². The first kappa shape index (κ1) is 19.7. The predicted molar refractivity (Wildman–Crippen MR) is 107 cm³/mol. The van der Waals surface area contributed by atoms with Crippen molar-refractivity contribution in [2.45, 2.75) is 24.9 Å². The van der Waals surface area contributed by atoms with Gasteiger partial charge in [-0.1, -0.05) is 35.9 Å². The van der Waals surface area contributed by atoms with E-state index < -0.39 is 10.0 Å². The van der Waals surface area contributed by atoms with Crippen LogP contribution in [-0.2, 0) is 23.1 Å². The number of nitrogens with zero attached hydrogens (tertiary/aromatic N) is 1. The summed E-state index contributed by atoms with van der Waals surface area (Å²) in [5.41, 5.74) is 3.23. The summed E-state index contributed by atoms with van der Waals surface area (Å²) < 4.78 is 27.5. The Bertz CT molecular complexity index is 1050.